The largest absolute Gasteiger partial charge is 0.381 e. The predicted molar refractivity (Wildman–Crippen MR) is 50.4 cm³/mol. The van der Waals surface area contributed by atoms with Gasteiger partial charge in [0.05, 0.1) is 20.5 Å². The van der Waals surface area contributed by atoms with Crippen LogP contribution in [0, 0.1) is 0 Å². The Hall–Kier alpha value is -0.250. The monoisotopic (exact) mass is 202 g/mol. The fraction of sp³-hybridized carbons (Fsp3) is 1.00. The Morgan fingerprint density at radius 2 is 1.46 bits per heavy atom. The van der Waals surface area contributed by atoms with Crippen molar-refractivity contribution in [3.8, 4) is 0 Å². The lowest BCUT2D eigenvalue weighted by atomic mass is 10.5. The first-order valence-corrected chi connectivity index (χ1v) is 4.40. The zero-order chi connectivity index (χ0) is 10.9. The molecule has 0 heterocycles. The second kappa shape index (κ2) is 29.8. The maximum Gasteiger partial charge on any atom is 0.0916 e. The van der Waals surface area contributed by atoms with E-state index in [1.807, 2.05) is 6.92 Å². The van der Waals surface area contributed by atoms with Crippen LogP contribution in [0.25, 0.3) is 0 Å². The van der Waals surface area contributed by atoms with Crippen molar-refractivity contribution < 1.29 is 17.9 Å². The van der Waals surface area contributed by atoms with E-state index in [2.05, 4.69) is 0 Å². The number of ether oxygens (including phenoxy) is 1. The Bertz CT molecular complexity index is 48.1. The van der Waals surface area contributed by atoms with Gasteiger partial charge in [0, 0.05) is 13.2 Å². The number of rotatable bonds is 5. The van der Waals surface area contributed by atoms with Gasteiger partial charge in [-0.1, -0.05) is 6.92 Å². The Kier molecular flexibility index (Phi) is 42.5. The van der Waals surface area contributed by atoms with Gasteiger partial charge in [0.15, 0.2) is 0 Å². The molecule has 0 unspecified atom stereocenters. The van der Waals surface area contributed by atoms with Crippen molar-refractivity contribution in [2.45, 2.75) is 26.7 Å². The SMILES string of the molecule is CCCOCCCF.CCF.CF. The summed E-state index contributed by atoms with van der Waals surface area (Å²) in [6.45, 7) is 4.32. The number of hydrogen-bond acceptors (Lipinski definition) is 1. The average molecular weight is 202 g/mol. The standard InChI is InChI=1S/C6H13FO.C2H5F.CH3F/c1-2-5-8-6-3-4-7;1-2-3;1-2/h2-6H2,1H3;2H2,1H3;1H3. The molecule has 0 fully saturated rings. The van der Waals surface area contributed by atoms with Crippen LogP contribution in [0.15, 0.2) is 0 Å². The van der Waals surface area contributed by atoms with Crippen LogP contribution >= 0.6 is 0 Å². The summed E-state index contributed by atoms with van der Waals surface area (Å²) >= 11 is 0. The molecule has 0 aliphatic heterocycles. The zero-order valence-electron chi connectivity index (χ0n) is 8.78. The molecule has 13 heavy (non-hydrogen) atoms. The Morgan fingerprint density at radius 1 is 1.00 bits per heavy atom. The third kappa shape index (κ3) is 49.5. The minimum absolute atomic E-state index is 0.250. The van der Waals surface area contributed by atoms with Crippen molar-refractivity contribution in [1.82, 2.24) is 0 Å². The molecule has 0 spiro atoms. The summed E-state index contributed by atoms with van der Waals surface area (Å²) in [6.07, 6.45) is 1.56. The number of alkyl halides is 3. The summed E-state index contributed by atoms with van der Waals surface area (Å²) in [5.74, 6) is 0. The van der Waals surface area contributed by atoms with E-state index in [0.717, 1.165) is 13.0 Å². The lowest BCUT2D eigenvalue weighted by Gasteiger charge is -1.96. The van der Waals surface area contributed by atoms with Crippen molar-refractivity contribution in [2.75, 3.05) is 33.7 Å². The summed E-state index contributed by atoms with van der Waals surface area (Å²) in [4.78, 5) is 0. The lowest BCUT2D eigenvalue weighted by Crippen LogP contribution is -1.95. The molecule has 0 saturated carbocycles. The maximum atomic E-state index is 11.3. The number of halogens is 3. The van der Waals surface area contributed by atoms with Crippen molar-refractivity contribution >= 4 is 0 Å². The average Bonchev–Trinajstić information content (AvgIpc) is 2.17. The minimum atomic E-state index is -0.260. The first kappa shape index (κ1) is 18.5. The molecular weight excluding hydrogens is 181 g/mol. The van der Waals surface area contributed by atoms with Gasteiger partial charge >= 0.3 is 0 Å². The topological polar surface area (TPSA) is 9.23 Å². The van der Waals surface area contributed by atoms with Gasteiger partial charge in [-0.15, -0.1) is 0 Å². The molecule has 0 aliphatic rings. The fourth-order valence-corrected chi connectivity index (χ4v) is 0.403. The molecule has 0 aromatic rings. The second-order valence-corrected chi connectivity index (χ2v) is 1.92. The normalized spacial score (nSPS) is 7.85. The summed E-state index contributed by atoms with van der Waals surface area (Å²) < 4.78 is 36.1. The molecule has 0 saturated heterocycles. The van der Waals surface area contributed by atoms with Crippen LogP contribution in [0.4, 0.5) is 13.2 Å². The van der Waals surface area contributed by atoms with E-state index in [1.165, 1.54) is 6.92 Å². The Balaban J connectivity index is -0.000000169. The first-order valence-electron chi connectivity index (χ1n) is 4.40. The smallest absolute Gasteiger partial charge is 0.0916 e. The second-order valence-electron chi connectivity index (χ2n) is 1.92. The molecule has 0 aromatic carbocycles. The first-order chi connectivity index (χ1) is 6.33. The highest BCUT2D eigenvalue weighted by Crippen LogP contribution is 1.84. The van der Waals surface area contributed by atoms with E-state index in [1.54, 1.807) is 0 Å². The van der Waals surface area contributed by atoms with Gasteiger partial charge in [0.25, 0.3) is 0 Å². The van der Waals surface area contributed by atoms with Crippen LogP contribution in [0.1, 0.15) is 26.7 Å². The Morgan fingerprint density at radius 3 is 1.77 bits per heavy atom. The summed E-state index contributed by atoms with van der Waals surface area (Å²) in [5, 5.41) is 0. The highest BCUT2D eigenvalue weighted by molar-refractivity contribution is 4.30. The summed E-state index contributed by atoms with van der Waals surface area (Å²) in [5.41, 5.74) is 0. The highest BCUT2D eigenvalue weighted by Gasteiger charge is 1.83. The molecule has 0 N–H and O–H groups in total. The van der Waals surface area contributed by atoms with E-state index < -0.39 is 0 Å². The van der Waals surface area contributed by atoms with Gasteiger partial charge in [-0.3, -0.25) is 13.2 Å². The molecule has 0 atom stereocenters. The van der Waals surface area contributed by atoms with Crippen molar-refractivity contribution in [3.05, 3.63) is 0 Å². The third-order valence-electron chi connectivity index (χ3n) is 0.771. The van der Waals surface area contributed by atoms with E-state index >= 15 is 0 Å². The molecule has 0 bridgehead atoms. The van der Waals surface area contributed by atoms with Gasteiger partial charge < -0.3 is 4.74 Å². The van der Waals surface area contributed by atoms with Crippen LogP contribution in [0.2, 0.25) is 0 Å². The fourth-order valence-electron chi connectivity index (χ4n) is 0.403. The summed E-state index contributed by atoms with van der Waals surface area (Å²) in [6, 6.07) is 0. The van der Waals surface area contributed by atoms with Gasteiger partial charge in [0.1, 0.15) is 0 Å². The predicted octanol–water partition coefficient (Wildman–Crippen LogP) is 3.33. The van der Waals surface area contributed by atoms with Gasteiger partial charge in [-0.2, -0.15) is 0 Å². The molecule has 84 valence electrons. The summed E-state index contributed by atoms with van der Waals surface area (Å²) in [7, 11) is 0.500. The third-order valence-corrected chi connectivity index (χ3v) is 0.771. The molecule has 0 aromatic heterocycles. The van der Waals surface area contributed by atoms with Crippen molar-refractivity contribution in [3.63, 3.8) is 0 Å². The lowest BCUT2D eigenvalue weighted by molar-refractivity contribution is 0.127. The molecule has 4 heteroatoms. The highest BCUT2D eigenvalue weighted by atomic mass is 19.1. The van der Waals surface area contributed by atoms with E-state index in [-0.39, 0.29) is 13.3 Å². The molecule has 0 rings (SSSR count). The van der Waals surface area contributed by atoms with E-state index in [4.69, 9.17) is 4.74 Å². The van der Waals surface area contributed by atoms with Gasteiger partial charge in [0.2, 0.25) is 0 Å². The van der Waals surface area contributed by atoms with Gasteiger partial charge in [-0.05, 0) is 19.8 Å². The van der Waals surface area contributed by atoms with Crippen LogP contribution in [-0.4, -0.2) is 33.7 Å². The molecular formula is C9H21F3O. The van der Waals surface area contributed by atoms with E-state index in [9.17, 15) is 13.2 Å². The van der Waals surface area contributed by atoms with Gasteiger partial charge in [-0.25, -0.2) is 0 Å². The van der Waals surface area contributed by atoms with Crippen molar-refractivity contribution in [1.29, 1.82) is 0 Å². The quantitative estimate of drug-likeness (QED) is 0.621. The van der Waals surface area contributed by atoms with Crippen LogP contribution < -0.4 is 0 Å². The van der Waals surface area contributed by atoms with Crippen LogP contribution in [-0.2, 0) is 4.74 Å². The molecule has 0 amide bonds. The Labute approximate surface area is 79.3 Å². The number of hydrogen-bond donors (Lipinski definition) is 0. The molecule has 0 aliphatic carbocycles. The molecule has 0 radical (unpaired) electrons. The minimum Gasteiger partial charge on any atom is -0.381 e. The van der Waals surface area contributed by atoms with E-state index in [0.29, 0.717) is 20.2 Å². The van der Waals surface area contributed by atoms with Crippen LogP contribution in [0.5, 0.6) is 0 Å². The van der Waals surface area contributed by atoms with Crippen molar-refractivity contribution in [2.24, 2.45) is 0 Å². The maximum absolute atomic E-state index is 11.3. The zero-order valence-corrected chi connectivity index (χ0v) is 8.78. The molecule has 1 nitrogen and oxygen atoms in total. The van der Waals surface area contributed by atoms with Crippen LogP contribution in [0.3, 0.4) is 0 Å².